The van der Waals surface area contributed by atoms with Crippen molar-refractivity contribution < 1.29 is 14.0 Å². The number of amides is 3. The maximum atomic E-state index is 13.2. The van der Waals surface area contributed by atoms with E-state index in [1.54, 1.807) is 17.0 Å². The van der Waals surface area contributed by atoms with Gasteiger partial charge < -0.3 is 26.7 Å². The van der Waals surface area contributed by atoms with Crippen molar-refractivity contribution in [1.82, 2.24) is 15.2 Å². The Morgan fingerprint density at radius 3 is 2.74 bits per heavy atom. The number of hydrogen-bond acceptors (Lipinski definition) is 5. The van der Waals surface area contributed by atoms with E-state index in [9.17, 15) is 14.0 Å². The summed E-state index contributed by atoms with van der Waals surface area (Å²) in [6.07, 6.45) is 6.47. The Labute approximate surface area is 180 Å². The largest absolute Gasteiger partial charge is 0.354 e. The molecule has 1 saturated heterocycles. The Bertz CT molecular complexity index is 950. The summed E-state index contributed by atoms with van der Waals surface area (Å²) >= 11 is 0. The van der Waals surface area contributed by atoms with E-state index in [4.69, 9.17) is 11.1 Å². The van der Waals surface area contributed by atoms with Crippen LogP contribution in [0, 0.1) is 17.1 Å². The van der Waals surface area contributed by atoms with Crippen molar-refractivity contribution in [3.63, 3.8) is 0 Å². The minimum absolute atomic E-state index is 0.104. The second-order valence-electron chi connectivity index (χ2n) is 7.60. The quantitative estimate of drug-likeness (QED) is 0.507. The van der Waals surface area contributed by atoms with Gasteiger partial charge in [-0.3, -0.25) is 9.78 Å². The SMILES string of the molecule is CCC(NC(=O)c1cncc(Nc2ccc(F)cc2)c1C=N)C1CCCN(C(N)=O)C1. The Balaban J connectivity index is 1.78. The van der Waals surface area contributed by atoms with Gasteiger partial charge in [0.1, 0.15) is 5.82 Å². The molecule has 0 radical (unpaired) electrons. The predicted octanol–water partition coefficient (Wildman–Crippen LogP) is 3.26. The van der Waals surface area contributed by atoms with Gasteiger partial charge in [-0.2, -0.15) is 0 Å². The molecule has 2 atom stereocenters. The summed E-state index contributed by atoms with van der Waals surface area (Å²) in [5.41, 5.74) is 7.17. The normalized spacial score (nSPS) is 17.0. The molecule has 0 bridgehead atoms. The van der Waals surface area contributed by atoms with Crippen LogP contribution in [-0.2, 0) is 0 Å². The van der Waals surface area contributed by atoms with Gasteiger partial charge in [0.15, 0.2) is 0 Å². The molecule has 2 unspecified atom stereocenters. The minimum Gasteiger partial charge on any atom is -0.354 e. The number of halogens is 1. The number of anilines is 2. The molecule has 3 rings (SSSR count). The van der Waals surface area contributed by atoms with Crippen molar-refractivity contribution in [2.45, 2.75) is 32.2 Å². The lowest BCUT2D eigenvalue weighted by atomic mass is 9.89. The third-order valence-electron chi connectivity index (χ3n) is 5.59. The molecule has 164 valence electrons. The highest BCUT2D eigenvalue weighted by Gasteiger charge is 2.29. The van der Waals surface area contributed by atoms with E-state index >= 15 is 0 Å². The molecule has 1 aromatic heterocycles. The van der Waals surface area contributed by atoms with Gasteiger partial charge in [-0.05, 0) is 49.4 Å². The van der Waals surface area contributed by atoms with Crippen molar-refractivity contribution in [2.24, 2.45) is 11.7 Å². The van der Waals surface area contributed by atoms with Crippen LogP contribution in [0.2, 0.25) is 0 Å². The third-order valence-corrected chi connectivity index (χ3v) is 5.59. The number of likely N-dealkylation sites (tertiary alicyclic amines) is 1. The first-order valence-corrected chi connectivity index (χ1v) is 10.3. The molecular formula is C22H27FN6O2. The molecule has 2 aromatic rings. The van der Waals surface area contributed by atoms with Crippen LogP contribution in [0.5, 0.6) is 0 Å². The fourth-order valence-electron chi connectivity index (χ4n) is 3.93. The molecule has 2 heterocycles. The van der Waals surface area contributed by atoms with Gasteiger partial charge in [0, 0.05) is 42.8 Å². The standard InChI is InChI=1S/C22H27FN6O2/c1-2-19(14-4-3-9-29(13-14)22(25)31)28-21(30)18-11-26-12-20(17(18)10-24)27-16-7-5-15(23)6-8-16/h5-8,10-12,14,19,24,27H,2-4,9,13H2,1H3,(H2,25,31)(H,28,30). The van der Waals surface area contributed by atoms with Crippen LogP contribution in [-0.4, -0.2) is 47.2 Å². The first kappa shape index (κ1) is 22.2. The first-order chi connectivity index (χ1) is 14.9. The lowest BCUT2D eigenvalue weighted by Crippen LogP contribution is -2.50. The fourth-order valence-corrected chi connectivity index (χ4v) is 3.93. The molecule has 3 amide bonds. The van der Waals surface area contributed by atoms with Crippen LogP contribution >= 0.6 is 0 Å². The van der Waals surface area contributed by atoms with Crippen molar-refractivity contribution >= 4 is 29.5 Å². The van der Waals surface area contributed by atoms with Gasteiger partial charge >= 0.3 is 6.03 Å². The Kier molecular flexibility index (Phi) is 7.17. The van der Waals surface area contributed by atoms with Gasteiger partial charge in [-0.1, -0.05) is 6.92 Å². The molecule has 9 heteroatoms. The molecule has 0 saturated carbocycles. The number of nitrogens with zero attached hydrogens (tertiary/aromatic N) is 2. The van der Waals surface area contributed by atoms with Crippen LogP contribution in [0.3, 0.4) is 0 Å². The van der Waals surface area contributed by atoms with Crippen molar-refractivity contribution in [3.8, 4) is 0 Å². The zero-order chi connectivity index (χ0) is 22.4. The zero-order valence-electron chi connectivity index (χ0n) is 17.4. The summed E-state index contributed by atoms with van der Waals surface area (Å²) < 4.78 is 13.2. The zero-order valence-corrected chi connectivity index (χ0v) is 17.4. The predicted molar refractivity (Wildman–Crippen MR) is 117 cm³/mol. The second kappa shape index (κ2) is 10.0. The average Bonchev–Trinajstić information content (AvgIpc) is 2.78. The van der Waals surface area contributed by atoms with E-state index in [2.05, 4.69) is 15.6 Å². The number of urea groups is 1. The lowest BCUT2D eigenvalue weighted by molar-refractivity contribution is 0.0896. The maximum Gasteiger partial charge on any atom is 0.314 e. The highest BCUT2D eigenvalue weighted by Crippen LogP contribution is 2.24. The molecule has 1 aliphatic heterocycles. The summed E-state index contributed by atoms with van der Waals surface area (Å²) in [6, 6.07) is 5.19. The van der Waals surface area contributed by atoms with E-state index in [1.165, 1.54) is 24.5 Å². The van der Waals surface area contributed by atoms with Crippen molar-refractivity contribution in [2.75, 3.05) is 18.4 Å². The number of primary amides is 1. The number of nitrogens with one attached hydrogen (secondary N) is 3. The highest BCUT2D eigenvalue weighted by atomic mass is 19.1. The third kappa shape index (κ3) is 5.36. The topological polar surface area (TPSA) is 124 Å². The molecule has 0 spiro atoms. The highest BCUT2D eigenvalue weighted by molar-refractivity contribution is 6.05. The summed E-state index contributed by atoms with van der Waals surface area (Å²) in [6.45, 7) is 3.13. The van der Waals surface area contributed by atoms with Crippen molar-refractivity contribution in [3.05, 3.63) is 53.6 Å². The van der Waals surface area contributed by atoms with Gasteiger partial charge in [-0.25, -0.2) is 9.18 Å². The summed E-state index contributed by atoms with van der Waals surface area (Å²) in [5, 5.41) is 13.9. The second-order valence-corrected chi connectivity index (χ2v) is 7.60. The molecule has 0 aliphatic carbocycles. The van der Waals surface area contributed by atoms with Crippen LogP contribution < -0.4 is 16.4 Å². The van der Waals surface area contributed by atoms with Crippen LogP contribution in [0.1, 0.15) is 42.1 Å². The summed E-state index contributed by atoms with van der Waals surface area (Å²) in [4.78, 5) is 30.4. The number of pyridine rings is 1. The van der Waals surface area contributed by atoms with Crippen LogP contribution in [0.4, 0.5) is 20.6 Å². The number of nitrogens with two attached hydrogens (primary N) is 1. The van der Waals surface area contributed by atoms with E-state index in [1.807, 2.05) is 6.92 Å². The fraction of sp³-hybridized carbons (Fsp3) is 0.364. The Morgan fingerprint density at radius 1 is 1.35 bits per heavy atom. The van der Waals surface area contributed by atoms with E-state index < -0.39 is 6.03 Å². The first-order valence-electron chi connectivity index (χ1n) is 10.3. The molecular weight excluding hydrogens is 399 g/mol. The lowest BCUT2D eigenvalue weighted by Gasteiger charge is -2.36. The molecule has 1 aromatic carbocycles. The van der Waals surface area contributed by atoms with Gasteiger partial charge in [0.2, 0.25) is 0 Å². The van der Waals surface area contributed by atoms with E-state index in [-0.39, 0.29) is 29.2 Å². The van der Waals surface area contributed by atoms with Crippen LogP contribution in [0.25, 0.3) is 0 Å². The number of carbonyl (C=O) groups is 2. The number of hydrogen-bond donors (Lipinski definition) is 4. The van der Waals surface area contributed by atoms with Crippen molar-refractivity contribution in [1.29, 1.82) is 5.41 Å². The smallest absolute Gasteiger partial charge is 0.314 e. The molecule has 31 heavy (non-hydrogen) atoms. The Hall–Kier alpha value is -3.49. The van der Waals surface area contributed by atoms with Gasteiger partial charge in [-0.15, -0.1) is 0 Å². The molecule has 5 N–H and O–H groups in total. The molecule has 1 aliphatic rings. The summed E-state index contributed by atoms with van der Waals surface area (Å²) in [7, 11) is 0. The van der Waals surface area contributed by atoms with Gasteiger partial charge in [0.25, 0.3) is 5.91 Å². The van der Waals surface area contributed by atoms with E-state index in [0.29, 0.717) is 36.4 Å². The number of benzene rings is 1. The average molecular weight is 426 g/mol. The monoisotopic (exact) mass is 426 g/mol. The number of aromatic nitrogens is 1. The summed E-state index contributed by atoms with van der Waals surface area (Å²) in [5.74, 6) is -0.587. The molecule has 8 nitrogen and oxygen atoms in total. The number of rotatable bonds is 7. The number of piperidine rings is 1. The van der Waals surface area contributed by atoms with E-state index in [0.717, 1.165) is 19.1 Å². The van der Waals surface area contributed by atoms with Gasteiger partial charge in [0.05, 0.1) is 17.4 Å². The Morgan fingerprint density at radius 2 is 2.10 bits per heavy atom. The molecule has 1 fully saturated rings. The maximum absolute atomic E-state index is 13.2. The number of carbonyl (C=O) groups excluding carboxylic acids is 2. The van der Waals surface area contributed by atoms with Crippen LogP contribution in [0.15, 0.2) is 36.7 Å². The minimum atomic E-state index is -0.444.